The lowest BCUT2D eigenvalue weighted by Gasteiger charge is -2.08. The van der Waals surface area contributed by atoms with Crippen LogP contribution in [0.3, 0.4) is 0 Å². The van der Waals surface area contributed by atoms with Gasteiger partial charge in [0.25, 0.3) is 0 Å². The van der Waals surface area contributed by atoms with Crippen LogP contribution in [0.15, 0.2) is 23.1 Å². The van der Waals surface area contributed by atoms with E-state index in [2.05, 4.69) is 21.5 Å². The first kappa shape index (κ1) is 16.0. The third-order valence-corrected chi connectivity index (χ3v) is 5.16. The zero-order valence-corrected chi connectivity index (χ0v) is 13.5. The van der Waals surface area contributed by atoms with Gasteiger partial charge in [-0.3, -0.25) is 4.90 Å². The van der Waals surface area contributed by atoms with Crippen molar-refractivity contribution in [1.82, 2.24) is 9.62 Å². The van der Waals surface area contributed by atoms with Crippen LogP contribution in [0.25, 0.3) is 0 Å². The number of sulfonamides is 1. The van der Waals surface area contributed by atoms with E-state index in [9.17, 15) is 8.42 Å². The minimum absolute atomic E-state index is 0.156. The Hall–Kier alpha value is -1.35. The van der Waals surface area contributed by atoms with Crippen molar-refractivity contribution >= 4 is 10.0 Å². The molecule has 1 aliphatic heterocycles. The smallest absolute Gasteiger partial charge is 0.241 e. The molecule has 0 saturated carbocycles. The van der Waals surface area contributed by atoms with Gasteiger partial charge in [-0.1, -0.05) is 17.9 Å². The maximum Gasteiger partial charge on any atom is 0.241 e. The van der Waals surface area contributed by atoms with Crippen molar-refractivity contribution in [3.05, 3.63) is 29.3 Å². The molecule has 0 aromatic heterocycles. The van der Waals surface area contributed by atoms with Crippen molar-refractivity contribution < 1.29 is 8.42 Å². The van der Waals surface area contributed by atoms with Gasteiger partial charge in [-0.2, -0.15) is 4.72 Å². The van der Waals surface area contributed by atoms with Gasteiger partial charge in [-0.15, -0.1) is 0 Å². The van der Waals surface area contributed by atoms with Crippen molar-refractivity contribution in [2.45, 2.75) is 31.6 Å². The molecule has 1 aromatic rings. The maximum absolute atomic E-state index is 12.1. The fourth-order valence-corrected chi connectivity index (χ4v) is 3.27. The van der Waals surface area contributed by atoms with Crippen molar-refractivity contribution in [3.8, 4) is 11.8 Å². The molecule has 1 aromatic carbocycles. The van der Waals surface area contributed by atoms with Crippen LogP contribution in [-0.4, -0.2) is 39.5 Å². The first-order valence-corrected chi connectivity index (χ1v) is 8.72. The molecule has 114 valence electrons. The maximum atomic E-state index is 12.1. The number of likely N-dealkylation sites (tertiary alicyclic amines) is 1. The van der Waals surface area contributed by atoms with E-state index in [1.54, 1.807) is 12.1 Å². The SMILES string of the molecule is Cc1ccc(S(=O)(=O)NCC#CCN2CCCC2)cc1C. The summed E-state index contributed by atoms with van der Waals surface area (Å²) in [5.41, 5.74) is 2.05. The first-order valence-electron chi connectivity index (χ1n) is 7.24. The predicted molar refractivity (Wildman–Crippen MR) is 84.6 cm³/mol. The highest BCUT2D eigenvalue weighted by atomic mass is 32.2. The average molecular weight is 306 g/mol. The molecule has 2 rings (SSSR count). The van der Waals surface area contributed by atoms with Gasteiger partial charge < -0.3 is 0 Å². The summed E-state index contributed by atoms with van der Waals surface area (Å²) in [5.74, 6) is 5.90. The van der Waals surface area contributed by atoms with Gasteiger partial charge in [-0.05, 0) is 63.0 Å². The molecule has 0 spiro atoms. The van der Waals surface area contributed by atoms with Crippen LogP contribution in [0, 0.1) is 25.7 Å². The van der Waals surface area contributed by atoms with E-state index < -0.39 is 10.0 Å². The molecule has 0 bridgehead atoms. The minimum Gasteiger partial charge on any atom is -0.292 e. The molecular weight excluding hydrogens is 284 g/mol. The molecule has 0 unspecified atom stereocenters. The van der Waals surface area contributed by atoms with Gasteiger partial charge in [0.2, 0.25) is 10.0 Å². The van der Waals surface area contributed by atoms with E-state index in [0.717, 1.165) is 30.8 Å². The van der Waals surface area contributed by atoms with Crippen molar-refractivity contribution in [3.63, 3.8) is 0 Å². The Kier molecular flexibility index (Phi) is 5.40. The molecule has 1 N–H and O–H groups in total. The normalized spacial score (nSPS) is 15.7. The van der Waals surface area contributed by atoms with E-state index in [0.29, 0.717) is 4.90 Å². The van der Waals surface area contributed by atoms with Crippen molar-refractivity contribution in [1.29, 1.82) is 0 Å². The summed E-state index contributed by atoms with van der Waals surface area (Å²) in [6, 6.07) is 5.14. The summed E-state index contributed by atoms with van der Waals surface area (Å²) in [5, 5.41) is 0. The second-order valence-corrected chi connectivity index (χ2v) is 7.17. The molecule has 4 nitrogen and oxygen atoms in total. The molecule has 1 saturated heterocycles. The monoisotopic (exact) mass is 306 g/mol. The van der Waals surface area contributed by atoms with Crippen LogP contribution < -0.4 is 4.72 Å². The number of rotatable bonds is 4. The summed E-state index contributed by atoms with van der Waals surface area (Å²) < 4.78 is 26.8. The topological polar surface area (TPSA) is 49.4 Å². The number of nitrogens with one attached hydrogen (secondary N) is 1. The standard InChI is InChI=1S/C16H22N2O2S/c1-14-7-8-16(13-15(14)2)21(19,20)17-9-3-4-10-18-11-5-6-12-18/h7-8,13,17H,5-6,9-12H2,1-2H3. The minimum atomic E-state index is -3.47. The molecule has 21 heavy (non-hydrogen) atoms. The predicted octanol–water partition coefficient (Wildman–Crippen LogP) is 1.68. The largest absolute Gasteiger partial charge is 0.292 e. The molecule has 1 fully saturated rings. The van der Waals surface area contributed by atoms with Crippen molar-refractivity contribution in [2.24, 2.45) is 0 Å². The first-order chi connectivity index (χ1) is 9.99. The Morgan fingerprint density at radius 3 is 2.52 bits per heavy atom. The summed E-state index contributed by atoms with van der Waals surface area (Å²) >= 11 is 0. The third kappa shape index (κ3) is 4.57. The Bertz CT molecular complexity index is 651. The zero-order chi connectivity index (χ0) is 15.3. The quantitative estimate of drug-likeness (QED) is 0.861. The van der Waals surface area contributed by atoms with Gasteiger partial charge in [-0.25, -0.2) is 8.42 Å². The van der Waals surface area contributed by atoms with Crippen LogP contribution >= 0.6 is 0 Å². The van der Waals surface area contributed by atoms with E-state index >= 15 is 0 Å². The highest BCUT2D eigenvalue weighted by molar-refractivity contribution is 7.89. The summed E-state index contributed by atoms with van der Waals surface area (Å²) in [4.78, 5) is 2.58. The van der Waals surface area contributed by atoms with Crippen LogP contribution in [-0.2, 0) is 10.0 Å². The Labute approximate surface area is 127 Å². The summed E-state index contributed by atoms with van der Waals surface area (Å²) in [7, 11) is -3.47. The second-order valence-electron chi connectivity index (χ2n) is 5.41. The molecule has 0 amide bonds. The number of benzene rings is 1. The third-order valence-electron chi connectivity index (χ3n) is 3.77. The molecule has 0 atom stereocenters. The van der Waals surface area contributed by atoms with E-state index in [-0.39, 0.29) is 6.54 Å². The lowest BCUT2D eigenvalue weighted by Crippen LogP contribution is -2.24. The fourth-order valence-electron chi connectivity index (χ4n) is 2.27. The Morgan fingerprint density at radius 2 is 1.86 bits per heavy atom. The summed E-state index contributed by atoms with van der Waals surface area (Å²) in [6.45, 7) is 6.95. The van der Waals surface area contributed by atoms with Gasteiger partial charge in [0.1, 0.15) is 0 Å². The van der Waals surface area contributed by atoms with E-state index in [1.165, 1.54) is 12.8 Å². The van der Waals surface area contributed by atoms with Crippen LogP contribution in [0.2, 0.25) is 0 Å². The Morgan fingerprint density at radius 1 is 1.14 bits per heavy atom. The number of aryl methyl sites for hydroxylation is 2. The average Bonchev–Trinajstić information content (AvgIpc) is 2.94. The van der Waals surface area contributed by atoms with Gasteiger partial charge >= 0.3 is 0 Å². The molecule has 5 heteroatoms. The molecular formula is C16H22N2O2S. The van der Waals surface area contributed by atoms with Crippen LogP contribution in [0.5, 0.6) is 0 Å². The second kappa shape index (κ2) is 7.08. The number of hydrogen-bond donors (Lipinski definition) is 1. The number of hydrogen-bond acceptors (Lipinski definition) is 3. The van der Waals surface area contributed by atoms with Crippen LogP contribution in [0.4, 0.5) is 0 Å². The van der Waals surface area contributed by atoms with E-state index in [1.807, 2.05) is 19.9 Å². The molecule has 0 aliphatic carbocycles. The molecule has 1 aliphatic rings. The van der Waals surface area contributed by atoms with Gasteiger partial charge in [0.05, 0.1) is 18.0 Å². The highest BCUT2D eigenvalue weighted by Gasteiger charge is 2.13. The number of nitrogens with zero attached hydrogens (tertiary/aromatic N) is 1. The molecule has 0 radical (unpaired) electrons. The fraction of sp³-hybridized carbons (Fsp3) is 0.500. The van der Waals surface area contributed by atoms with Crippen molar-refractivity contribution in [2.75, 3.05) is 26.2 Å². The highest BCUT2D eigenvalue weighted by Crippen LogP contribution is 2.14. The Balaban J connectivity index is 1.89. The lowest BCUT2D eigenvalue weighted by molar-refractivity contribution is 0.383. The van der Waals surface area contributed by atoms with Gasteiger partial charge in [0.15, 0.2) is 0 Å². The zero-order valence-electron chi connectivity index (χ0n) is 12.6. The summed E-state index contributed by atoms with van der Waals surface area (Å²) in [6.07, 6.45) is 2.47. The van der Waals surface area contributed by atoms with Crippen LogP contribution in [0.1, 0.15) is 24.0 Å². The van der Waals surface area contributed by atoms with E-state index in [4.69, 9.17) is 0 Å². The lowest BCUT2D eigenvalue weighted by atomic mass is 10.1. The molecule has 1 heterocycles. The van der Waals surface area contributed by atoms with Gasteiger partial charge in [0, 0.05) is 0 Å².